The van der Waals surface area contributed by atoms with E-state index in [1.807, 2.05) is 70.2 Å². The smallest absolute Gasteiger partial charge is 0.418 e. The first-order valence-corrected chi connectivity index (χ1v) is 10.1. The van der Waals surface area contributed by atoms with E-state index in [4.69, 9.17) is 9.47 Å². The maximum Gasteiger partial charge on any atom is 0.418 e. The van der Waals surface area contributed by atoms with E-state index < -0.39 is 17.3 Å². The SMILES string of the molecule is CC(C)(C)OC(=O)n1cccc1-c1ccc2c(c1)C(C)(c1ccccn1)OCC(=O)N2. The Morgan fingerprint density at radius 3 is 2.71 bits per heavy atom. The Bertz CT molecular complexity index is 1130. The monoisotopic (exact) mass is 419 g/mol. The molecule has 0 saturated heterocycles. The molecular weight excluding hydrogens is 394 g/mol. The van der Waals surface area contributed by atoms with Crippen LogP contribution in [0.3, 0.4) is 0 Å². The minimum Gasteiger partial charge on any atom is -0.443 e. The van der Waals surface area contributed by atoms with Gasteiger partial charge in [-0.1, -0.05) is 12.1 Å². The zero-order valence-electron chi connectivity index (χ0n) is 18.0. The van der Waals surface area contributed by atoms with E-state index in [2.05, 4.69) is 10.3 Å². The topological polar surface area (TPSA) is 82.5 Å². The molecule has 0 fully saturated rings. The van der Waals surface area contributed by atoms with Crippen LogP contribution >= 0.6 is 0 Å². The van der Waals surface area contributed by atoms with Crippen LogP contribution in [0.25, 0.3) is 11.3 Å². The average molecular weight is 419 g/mol. The number of nitrogens with one attached hydrogen (secondary N) is 1. The Kier molecular flexibility index (Phi) is 5.15. The van der Waals surface area contributed by atoms with Gasteiger partial charge in [-0.25, -0.2) is 4.79 Å². The Morgan fingerprint density at radius 1 is 1.19 bits per heavy atom. The minimum absolute atomic E-state index is 0.0919. The van der Waals surface area contributed by atoms with E-state index in [-0.39, 0.29) is 12.5 Å². The number of benzene rings is 1. The van der Waals surface area contributed by atoms with E-state index in [9.17, 15) is 9.59 Å². The number of carbonyl (C=O) groups is 2. The maximum atomic E-state index is 12.7. The molecule has 0 bridgehead atoms. The summed E-state index contributed by atoms with van der Waals surface area (Å²) in [6.07, 6.45) is 2.91. The molecule has 31 heavy (non-hydrogen) atoms. The van der Waals surface area contributed by atoms with Crippen molar-refractivity contribution in [3.63, 3.8) is 0 Å². The summed E-state index contributed by atoms with van der Waals surface area (Å²) in [5.74, 6) is -0.231. The van der Waals surface area contributed by atoms with Gasteiger partial charge in [-0.2, -0.15) is 0 Å². The molecule has 0 saturated carbocycles. The van der Waals surface area contributed by atoms with Crippen LogP contribution in [0.4, 0.5) is 10.5 Å². The van der Waals surface area contributed by atoms with Crippen molar-refractivity contribution in [2.45, 2.75) is 38.9 Å². The van der Waals surface area contributed by atoms with Gasteiger partial charge in [-0.3, -0.25) is 14.3 Å². The molecule has 1 unspecified atom stereocenters. The van der Waals surface area contributed by atoms with Crippen molar-refractivity contribution in [3.8, 4) is 11.3 Å². The predicted molar refractivity (Wildman–Crippen MR) is 117 cm³/mol. The molecule has 1 aliphatic rings. The van der Waals surface area contributed by atoms with Crippen molar-refractivity contribution in [1.82, 2.24) is 9.55 Å². The Balaban J connectivity index is 1.82. The molecule has 2 aromatic heterocycles. The molecule has 1 aromatic carbocycles. The molecule has 1 N–H and O–H groups in total. The van der Waals surface area contributed by atoms with Crippen LogP contribution in [0, 0.1) is 0 Å². The van der Waals surface area contributed by atoms with E-state index in [1.165, 1.54) is 4.57 Å². The average Bonchev–Trinajstić information content (AvgIpc) is 3.17. The first kappa shape index (κ1) is 20.8. The zero-order chi connectivity index (χ0) is 22.2. The number of aromatic nitrogens is 2. The summed E-state index contributed by atoms with van der Waals surface area (Å²) in [6, 6.07) is 14.8. The summed E-state index contributed by atoms with van der Waals surface area (Å²) in [7, 11) is 0. The van der Waals surface area contributed by atoms with Crippen molar-refractivity contribution >= 4 is 17.7 Å². The van der Waals surface area contributed by atoms with Gasteiger partial charge < -0.3 is 14.8 Å². The van der Waals surface area contributed by atoms with Crippen molar-refractivity contribution in [2.24, 2.45) is 0 Å². The van der Waals surface area contributed by atoms with E-state index >= 15 is 0 Å². The second-order valence-corrected chi connectivity index (χ2v) is 8.59. The largest absolute Gasteiger partial charge is 0.443 e. The quantitative estimate of drug-likeness (QED) is 0.658. The van der Waals surface area contributed by atoms with Gasteiger partial charge in [0.05, 0.1) is 11.4 Å². The summed E-state index contributed by atoms with van der Waals surface area (Å²) in [4.78, 5) is 29.4. The van der Waals surface area contributed by atoms with Crippen molar-refractivity contribution < 1.29 is 19.1 Å². The summed E-state index contributed by atoms with van der Waals surface area (Å²) < 4.78 is 13.1. The van der Waals surface area contributed by atoms with Crippen LogP contribution in [-0.2, 0) is 19.9 Å². The number of rotatable bonds is 2. The fraction of sp³-hybridized carbons (Fsp3) is 0.292. The fourth-order valence-electron chi connectivity index (χ4n) is 3.62. The fourth-order valence-corrected chi connectivity index (χ4v) is 3.62. The highest BCUT2D eigenvalue weighted by atomic mass is 16.6. The van der Waals surface area contributed by atoms with Crippen LogP contribution in [0.15, 0.2) is 60.9 Å². The number of nitrogens with zero attached hydrogens (tertiary/aromatic N) is 2. The molecule has 0 radical (unpaired) electrons. The van der Waals surface area contributed by atoms with Crippen molar-refractivity contribution in [2.75, 3.05) is 11.9 Å². The number of hydrogen-bond donors (Lipinski definition) is 1. The minimum atomic E-state index is -0.949. The van der Waals surface area contributed by atoms with E-state index in [1.54, 1.807) is 18.5 Å². The summed E-state index contributed by atoms with van der Waals surface area (Å²) in [5, 5.41) is 2.90. The highest BCUT2D eigenvalue weighted by Gasteiger charge is 2.37. The summed E-state index contributed by atoms with van der Waals surface area (Å²) in [6.45, 7) is 7.29. The van der Waals surface area contributed by atoms with Crippen LogP contribution in [0.2, 0.25) is 0 Å². The van der Waals surface area contributed by atoms with Gasteiger partial charge in [-0.05, 0) is 69.7 Å². The molecule has 4 rings (SSSR count). The van der Waals surface area contributed by atoms with Gasteiger partial charge in [0.25, 0.3) is 0 Å². The van der Waals surface area contributed by atoms with E-state index in [0.717, 1.165) is 11.1 Å². The molecule has 1 atom stereocenters. The first-order chi connectivity index (χ1) is 14.7. The van der Waals surface area contributed by atoms with Crippen LogP contribution in [0.5, 0.6) is 0 Å². The standard InChI is InChI=1S/C24H25N3O4/c1-23(2,3)31-22(29)27-13-7-8-19(27)16-10-11-18-17(14-16)24(4,30-15-21(28)26-18)20-9-5-6-12-25-20/h5-14H,15H2,1-4H3,(H,26,28). The Morgan fingerprint density at radius 2 is 2.00 bits per heavy atom. The third-order valence-corrected chi connectivity index (χ3v) is 5.09. The van der Waals surface area contributed by atoms with Crippen molar-refractivity contribution in [1.29, 1.82) is 0 Å². The Hall–Kier alpha value is -3.45. The summed E-state index contributed by atoms with van der Waals surface area (Å²) >= 11 is 0. The van der Waals surface area contributed by atoms with Crippen molar-refractivity contribution in [3.05, 3.63) is 72.2 Å². The molecule has 0 spiro atoms. The molecule has 0 aliphatic carbocycles. The lowest BCUT2D eigenvalue weighted by Gasteiger charge is -2.29. The van der Waals surface area contributed by atoms with Gasteiger partial charge in [-0.15, -0.1) is 0 Å². The maximum absolute atomic E-state index is 12.7. The molecule has 7 nitrogen and oxygen atoms in total. The lowest BCUT2D eigenvalue weighted by Crippen LogP contribution is -2.29. The van der Waals surface area contributed by atoms with E-state index in [0.29, 0.717) is 17.1 Å². The first-order valence-electron chi connectivity index (χ1n) is 10.1. The number of ether oxygens (including phenoxy) is 2. The third kappa shape index (κ3) is 4.09. The Labute approximate surface area is 181 Å². The molecule has 1 aliphatic heterocycles. The highest BCUT2D eigenvalue weighted by Crippen LogP contribution is 2.40. The van der Waals surface area contributed by atoms with Crippen LogP contribution in [-0.4, -0.2) is 33.8 Å². The molecule has 160 valence electrons. The summed E-state index contributed by atoms with van der Waals surface area (Å²) in [5.41, 5.74) is 2.00. The molecular formula is C24H25N3O4. The second kappa shape index (κ2) is 7.67. The number of anilines is 1. The van der Waals surface area contributed by atoms with Crippen LogP contribution < -0.4 is 5.32 Å². The predicted octanol–water partition coefficient (Wildman–Crippen LogP) is 4.57. The van der Waals surface area contributed by atoms with Crippen LogP contribution in [0.1, 0.15) is 39.0 Å². The number of amides is 1. The normalized spacial score (nSPS) is 18.6. The highest BCUT2D eigenvalue weighted by molar-refractivity contribution is 5.94. The third-order valence-electron chi connectivity index (χ3n) is 5.09. The number of hydrogen-bond acceptors (Lipinski definition) is 5. The van der Waals surface area contributed by atoms with Gasteiger partial charge in [0.2, 0.25) is 5.91 Å². The molecule has 1 amide bonds. The second-order valence-electron chi connectivity index (χ2n) is 8.59. The molecule has 3 aromatic rings. The van der Waals surface area contributed by atoms with Gasteiger partial charge in [0.1, 0.15) is 17.8 Å². The lowest BCUT2D eigenvalue weighted by atomic mass is 9.88. The molecule has 3 heterocycles. The number of carbonyl (C=O) groups excluding carboxylic acids is 2. The van der Waals surface area contributed by atoms with Gasteiger partial charge in [0, 0.05) is 23.6 Å². The molecule has 7 heteroatoms. The zero-order valence-corrected chi connectivity index (χ0v) is 18.0. The van der Waals surface area contributed by atoms with Gasteiger partial charge in [0.15, 0.2) is 0 Å². The number of pyridine rings is 1. The lowest BCUT2D eigenvalue weighted by molar-refractivity contribution is -0.124. The number of fused-ring (bicyclic) bond motifs is 1. The van der Waals surface area contributed by atoms with Gasteiger partial charge >= 0.3 is 6.09 Å².